The lowest BCUT2D eigenvalue weighted by Gasteiger charge is -2.29. The summed E-state index contributed by atoms with van der Waals surface area (Å²) in [5.74, 6) is -0.505. The molecule has 0 aliphatic heterocycles. The van der Waals surface area contributed by atoms with Crippen molar-refractivity contribution in [2.75, 3.05) is 6.61 Å². The van der Waals surface area contributed by atoms with E-state index in [1.54, 1.807) is 25.1 Å². The zero-order valence-electron chi connectivity index (χ0n) is 18.2. The van der Waals surface area contributed by atoms with Crippen molar-refractivity contribution in [3.8, 4) is 5.75 Å². The quantitative estimate of drug-likeness (QED) is 0.637. The molecule has 162 valence electrons. The Morgan fingerprint density at radius 1 is 1.07 bits per heavy atom. The smallest absolute Gasteiger partial charge is 0.261 e. The molecule has 6 heteroatoms. The molecule has 0 unspecified atom stereocenters. The zero-order valence-corrected chi connectivity index (χ0v) is 18.2. The molecule has 0 heterocycles. The maximum absolute atomic E-state index is 14.2. The Kier molecular flexibility index (Phi) is 8.84. The molecule has 0 fully saturated rings. The van der Waals surface area contributed by atoms with Gasteiger partial charge < -0.3 is 15.0 Å². The van der Waals surface area contributed by atoms with E-state index >= 15 is 0 Å². The van der Waals surface area contributed by atoms with Crippen LogP contribution >= 0.6 is 0 Å². The van der Waals surface area contributed by atoms with Crippen LogP contribution in [0.25, 0.3) is 0 Å². The topological polar surface area (TPSA) is 58.6 Å². The summed E-state index contributed by atoms with van der Waals surface area (Å²) in [4.78, 5) is 27.0. The zero-order chi connectivity index (χ0) is 22.1. The van der Waals surface area contributed by atoms with Crippen molar-refractivity contribution in [3.63, 3.8) is 0 Å². The molecule has 0 aromatic heterocycles. The van der Waals surface area contributed by atoms with Crippen molar-refractivity contribution in [2.45, 2.75) is 59.2 Å². The van der Waals surface area contributed by atoms with Crippen LogP contribution in [0.4, 0.5) is 4.39 Å². The fourth-order valence-electron chi connectivity index (χ4n) is 2.91. The molecule has 2 aromatic rings. The summed E-state index contributed by atoms with van der Waals surface area (Å²) in [7, 11) is 0. The van der Waals surface area contributed by atoms with Crippen LogP contribution in [0.2, 0.25) is 0 Å². The van der Waals surface area contributed by atoms with Crippen LogP contribution in [0, 0.1) is 5.82 Å². The van der Waals surface area contributed by atoms with E-state index in [-0.39, 0.29) is 31.0 Å². The van der Waals surface area contributed by atoms with Gasteiger partial charge in [0.1, 0.15) is 17.6 Å². The molecule has 2 amide bonds. The van der Waals surface area contributed by atoms with Gasteiger partial charge in [-0.1, -0.05) is 44.2 Å². The van der Waals surface area contributed by atoms with Crippen molar-refractivity contribution in [1.82, 2.24) is 10.2 Å². The predicted octanol–water partition coefficient (Wildman–Crippen LogP) is 4.10. The molecule has 0 aliphatic rings. The monoisotopic (exact) mass is 414 g/mol. The van der Waals surface area contributed by atoms with Gasteiger partial charge in [0.2, 0.25) is 5.91 Å². The Morgan fingerprint density at radius 2 is 1.73 bits per heavy atom. The van der Waals surface area contributed by atoms with Gasteiger partial charge in [-0.15, -0.1) is 0 Å². The molecular formula is C24H31FN2O3. The van der Waals surface area contributed by atoms with Gasteiger partial charge in [0, 0.05) is 18.2 Å². The molecule has 30 heavy (non-hydrogen) atoms. The van der Waals surface area contributed by atoms with Gasteiger partial charge in [-0.05, 0) is 50.5 Å². The highest BCUT2D eigenvalue weighted by molar-refractivity contribution is 5.88. The number of hydrogen-bond acceptors (Lipinski definition) is 3. The Balaban J connectivity index is 2.14. The highest BCUT2D eigenvalue weighted by Crippen LogP contribution is 2.16. The highest BCUT2D eigenvalue weighted by atomic mass is 19.1. The summed E-state index contributed by atoms with van der Waals surface area (Å²) in [5, 5.41) is 2.88. The van der Waals surface area contributed by atoms with Crippen molar-refractivity contribution in [3.05, 3.63) is 65.5 Å². The minimum absolute atomic E-state index is 0.0151. The van der Waals surface area contributed by atoms with Crippen LogP contribution in [0.15, 0.2) is 48.5 Å². The van der Waals surface area contributed by atoms with E-state index in [9.17, 15) is 14.0 Å². The second-order valence-corrected chi connectivity index (χ2v) is 7.39. The van der Waals surface area contributed by atoms with Crippen LogP contribution in [-0.4, -0.2) is 35.4 Å². The van der Waals surface area contributed by atoms with E-state index in [4.69, 9.17) is 4.74 Å². The van der Waals surface area contributed by atoms with E-state index in [1.807, 2.05) is 38.1 Å². The number of aryl methyl sites for hydroxylation is 1. The van der Waals surface area contributed by atoms with Gasteiger partial charge in [0.15, 0.2) is 6.61 Å². The van der Waals surface area contributed by atoms with Crippen molar-refractivity contribution < 1.29 is 18.7 Å². The lowest BCUT2D eigenvalue weighted by Crippen LogP contribution is -2.50. The molecular weight excluding hydrogens is 383 g/mol. The summed E-state index contributed by atoms with van der Waals surface area (Å²) in [6.07, 6.45) is 1.69. The number of hydrogen-bond donors (Lipinski definition) is 1. The largest absolute Gasteiger partial charge is 0.484 e. The third-order valence-corrected chi connectivity index (χ3v) is 5.16. The number of halogens is 1. The lowest BCUT2D eigenvalue weighted by atomic mass is 10.1. The molecule has 0 saturated carbocycles. The Morgan fingerprint density at radius 3 is 2.33 bits per heavy atom. The van der Waals surface area contributed by atoms with Gasteiger partial charge in [0.25, 0.3) is 5.91 Å². The Labute approximate surface area is 178 Å². The standard InChI is InChI=1S/C24H31FN2O3/c1-5-17(3)26-24(29)18(4)27(15-20-9-7-8-10-22(20)25)23(28)16-30-21-13-11-19(6-2)12-14-21/h7-14,17-18H,5-6,15-16H2,1-4H3,(H,26,29)/t17-,18+/m0/s1. The molecule has 0 bridgehead atoms. The van der Waals surface area contributed by atoms with Crippen molar-refractivity contribution in [1.29, 1.82) is 0 Å². The van der Waals surface area contributed by atoms with Gasteiger partial charge in [0.05, 0.1) is 0 Å². The van der Waals surface area contributed by atoms with Gasteiger partial charge >= 0.3 is 0 Å². The maximum Gasteiger partial charge on any atom is 0.261 e. The molecule has 0 aliphatic carbocycles. The van der Waals surface area contributed by atoms with E-state index < -0.39 is 11.9 Å². The fraction of sp³-hybridized carbons (Fsp3) is 0.417. The van der Waals surface area contributed by atoms with Gasteiger partial charge in [-0.3, -0.25) is 9.59 Å². The summed E-state index contributed by atoms with van der Waals surface area (Å²) in [5.41, 5.74) is 1.52. The molecule has 2 rings (SSSR count). The summed E-state index contributed by atoms with van der Waals surface area (Å²) in [6, 6.07) is 13.0. The molecule has 2 aromatic carbocycles. The van der Waals surface area contributed by atoms with E-state index in [0.717, 1.165) is 12.8 Å². The maximum atomic E-state index is 14.2. The number of carbonyl (C=O) groups is 2. The van der Waals surface area contributed by atoms with Crippen LogP contribution in [0.3, 0.4) is 0 Å². The first kappa shape index (κ1) is 23.4. The molecule has 0 spiro atoms. The summed E-state index contributed by atoms with van der Waals surface area (Å²) >= 11 is 0. The first-order valence-corrected chi connectivity index (χ1v) is 10.4. The van der Waals surface area contributed by atoms with Crippen LogP contribution in [0.1, 0.15) is 45.2 Å². The Bertz CT molecular complexity index is 839. The number of ether oxygens (including phenoxy) is 1. The third-order valence-electron chi connectivity index (χ3n) is 5.16. The number of benzene rings is 2. The molecule has 2 atom stereocenters. The lowest BCUT2D eigenvalue weighted by molar-refractivity contribution is -0.142. The second-order valence-electron chi connectivity index (χ2n) is 7.39. The highest BCUT2D eigenvalue weighted by Gasteiger charge is 2.27. The number of amides is 2. The minimum Gasteiger partial charge on any atom is -0.484 e. The number of carbonyl (C=O) groups excluding carboxylic acids is 2. The van der Waals surface area contributed by atoms with Gasteiger partial charge in [-0.2, -0.15) is 0 Å². The second kappa shape index (κ2) is 11.3. The minimum atomic E-state index is -0.767. The SMILES string of the molecule is CCc1ccc(OCC(=O)N(Cc2ccccc2F)[C@H](C)C(=O)N[C@@H](C)CC)cc1. The molecule has 1 N–H and O–H groups in total. The fourth-order valence-corrected chi connectivity index (χ4v) is 2.91. The summed E-state index contributed by atoms with van der Waals surface area (Å²) in [6.45, 7) is 7.32. The summed E-state index contributed by atoms with van der Waals surface area (Å²) < 4.78 is 19.8. The van der Waals surface area contributed by atoms with E-state index in [1.165, 1.54) is 16.5 Å². The van der Waals surface area contributed by atoms with E-state index in [0.29, 0.717) is 11.3 Å². The number of nitrogens with one attached hydrogen (secondary N) is 1. The predicted molar refractivity (Wildman–Crippen MR) is 116 cm³/mol. The van der Waals surface area contributed by atoms with Crippen molar-refractivity contribution in [2.24, 2.45) is 0 Å². The number of rotatable bonds is 10. The van der Waals surface area contributed by atoms with Crippen LogP contribution in [-0.2, 0) is 22.6 Å². The first-order chi connectivity index (χ1) is 14.3. The van der Waals surface area contributed by atoms with Crippen LogP contribution in [0.5, 0.6) is 5.75 Å². The van der Waals surface area contributed by atoms with Crippen LogP contribution < -0.4 is 10.1 Å². The third kappa shape index (κ3) is 6.58. The molecule has 0 saturated heterocycles. The van der Waals surface area contributed by atoms with Crippen molar-refractivity contribution >= 4 is 11.8 Å². The molecule has 5 nitrogen and oxygen atoms in total. The normalized spacial score (nSPS) is 12.7. The number of nitrogens with zero attached hydrogens (tertiary/aromatic N) is 1. The first-order valence-electron chi connectivity index (χ1n) is 10.4. The molecule has 0 radical (unpaired) electrons. The average molecular weight is 415 g/mol. The Hall–Kier alpha value is -2.89. The average Bonchev–Trinajstić information content (AvgIpc) is 2.76. The van der Waals surface area contributed by atoms with E-state index in [2.05, 4.69) is 12.2 Å². The van der Waals surface area contributed by atoms with Gasteiger partial charge in [-0.25, -0.2) is 4.39 Å².